The van der Waals surface area contributed by atoms with Crippen molar-refractivity contribution in [2.75, 3.05) is 19.7 Å². The number of carbonyl (C=O) groups is 2. The molecule has 2 heterocycles. The van der Waals surface area contributed by atoms with Crippen LogP contribution in [0.3, 0.4) is 0 Å². The second kappa shape index (κ2) is 9.15. The van der Waals surface area contributed by atoms with Crippen LogP contribution in [0.5, 0.6) is 0 Å². The fraction of sp³-hybridized carbons (Fsp3) is 0.320. The van der Waals surface area contributed by atoms with E-state index in [0.717, 1.165) is 5.56 Å². The Balaban J connectivity index is 1.57. The van der Waals surface area contributed by atoms with E-state index in [1.807, 2.05) is 19.1 Å². The first-order valence-corrected chi connectivity index (χ1v) is 10.9. The van der Waals surface area contributed by atoms with E-state index in [4.69, 9.17) is 5.73 Å². The first kappa shape index (κ1) is 22.7. The second-order valence-electron chi connectivity index (χ2n) is 8.78. The van der Waals surface area contributed by atoms with Gasteiger partial charge in [0.2, 0.25) is 5.91 Å². The van der Waals surface area contributed by atoms with Gasteiger partial charge in [-0.05, 0) is 29.2 Å². The average Bonchev–Trinajstić information content (AvgIpc) is 3.26. The molecule has 2 aromatic carbocycles. The highest BCUT2D eigenvalue weighted by atomic mass is 19.1. The van der Waals surface area contributed by atoms with E-state index in [2.05, 4.69) is 15.6 Å². The molecule has 0 aromatic heterocycles. The number of rotatable bonds is 6. The molecule has 2 aromatic rings. The smallest absolute Gasteiger partial charge is 0.254 e. The second-order valence-corrected chi connectivity index (χ2v) is 8.78. The minimum atomic E-state index is -0.701. The molecule has 0 radical (unpaired) electrons. The third-order valence-corrected chi connectivity index (χ3v) is 6.46. The van der Waals surface area contributed by atoms with Gasteiger partial charge in [-0.25, -0.2) is 4.39 Å². The number of hydrogen-bond donors (Lipinski definition) is 4. The molecule has 33 heavy (non-hydrogen) atoms. The lowest BCUT2D eigenvalue weighted by atomic mass is 9.73. The highest BCUT2D eigenvalue weighted by Gasteiger charge is 2.39. The average molecular weight is 451 g/mol. The Labute approximate surface area is 191 Å². The zero-order valence-corrected chi connectivity index (χ0v) is 18.3. The lowest BCUT2D eigenvalue weighted by Crippen LogP contribution is -2.35. The van der Waals surface area contributed by atoms with Gasteiger partial charge in [0, 0.05) is 24.0 Å². The predicted octanol–water partition coefficient (Wildman–Crippen LogP) is 2.19. The third-order valence-electron chi connectivity index (χ3n) is 6.46. The number of amides is 2. The van der Waals surface area contributed by atoms with Crippen LogP contribution in [-0.4, -0.2) is 42.5 Å². The van der Waals surface area contributed by atoms with Crippen LogP contribution >= 0.6 is 0 Å². The van der Waals surface area contributed by atoms with Gasteiger partial charge in [-0.1, -0.05) is 49.4 Å². The van der Waals surface area contributed by atoms with Crippen molar-refractivity contribution in [3.05, 3.63) is 77.1 Å². The Morgan fingerprint density at radius 2 is 2.09 bits per heavy atom. The van der Waals surface area contributed by atoms with Crippen LogP contribution in [0.1, 0.15) is 40.9 Å². The quantitative estimate of drug-likeness (QED) is 0.540. The maximum atomic E-state index is 15.0. The lowest BCUT2D eigenvalue weighted by Gasteiger charge is -2.34. The van der Waals surface area contributed by atoms with Crippen LogP contribution in [-0.2, 0) is 4.79 Å². The summed E-state index contributed by atoms with van der Waals surface area (Å²) in [6.07, 6.45) is 2.38. The molecule has 5 N–H and O–H groups in total. The van der Waals surface area contributed by atoms with E-state index in [9.17, 15) is 19.1 Å². The summed E-state index contributed by atoms with van der Waals surface area (Å²) in [7, 11) is 0. The predicted molar refractivity (Wildman–Crippen MR) is 124 cm³/mol. The Kier molecular flexibility index (Phi) is 6.29. The Morgan fingerprint density at radius 1 is 1.33 bits per heavy atom. The van der Waals surface area contributed by atoms with E-state index < -0.39 is 23.2 Å². The number of carbonyl (C=O) groups excluding carboxylic acids is 2. The summed E-state index contributed by atoms with van der Waals surface area (Å²) in [4.78, 5) is 28.8. The van der Waals surface area contributed by atoms with Gasteiger partial charge >= 0.3 is 0 Å². The van der Waals surface area contributed by atoms with Crippen molar-refractivity contribution in [1.82, 2.24) is 10.6 Å². The number of aliphatic hydroxyl groups excluding tert-OH is 1. The van der Waals surface area contributed by atoms with Gasteiger partial charge in [0.1, 0.15) is 11.7 Å². The number of nitrogens with zero attached hydrogens (tertiary/aromatic N) is 1. The Morgan fingerprint density at radius 3 is 2.73 bits per heavy atom. The lowest BCUT2D eigenvalue weighted by molar-refractivity contribution is -0.119. The summed E-state index contributed by atoms with van der Waals surface area (Å²) in [6.45, 7) is 2.72. The molecule has 2 aliphatic rings. The molecule has 0 saturated carbocycles. The first-order valence-electron chi connectivity index (χ1n) is 10.9. The standard InChI is InChI=1S/C25H27FN4O3/c1-25(17-10-22(32)28-12-17)11-19(23(27)29-14-25)16-7-8-18(20(26)9-16)24(33)30-21(13-31)15-5-3-2-4-6-15/h2-9,11,17,21,31H,10,12-14H2,1H3,(H2,27,29)(H,28,32)(H,30,33)/t17-,21-,25?/m1/s1. The number of nitrogens with two attached hydrogens (primary N) is 1. The van der Waals surface area contributed by atoms with Crippen molar-refractivity contribution in [3.63, 3.8) is 0 Å². The Hall–Kier alpha value is -3.52. The van der Waals surface area contributed by atoms with Crippen molar-refractivity contribution >= 4 is 23.2 Å². The molecule has 1 fully saturated rings. The first-order chi connectivity index (χ1) is 15.8. The molecule has 1 saturated heterocycles. The van der Waals surface area contributed by atoms with Crippen LogP contribution in [0.2, 0.25) is 0 Å². The van der Waals surface area contributed by atoms with Crippen LogP contribution in [0.15, 0.2) is 59.6 Å². The summed E-state index contributed by atoms with van der Waals surface area (Å²) in [5, 5.41) is 15.2. The zero-order valence-electron chi connectivity index (χ0n) is 18.3. The molecular weight excluding hydrogens is 423 g/mol. The monoisotopic (exact) mass is 450 g/mol. The van der Waals surface area contributed by atoms with Crippen molar-refractivity contribution in [3.8, 4) is 0 Å². The van der Waals surface area contributed by atoms with Gasteiger partial charge in [0.25, 0.3) is 5.91 Å². The number of hydrogen-bond acceptors (Lipinski definition) is 5. The van der Waals surface area contributed by atoms with Gasteiger partial charge in [0.05, 0.1) is 24.8 Å². The molecule has 8 heteroatoms. The van der Waals surface area contributed by atoms with Gasteiger partial charge < -0.3 is 21.5 Å². The van der Waals surface area contributed by atoms with Crippen molar-refractivity contribution in [1.29, 1.82) is 0 Å². The van der Waals surface area contributed by atoms with E-state index in [-0.39, 0.29) is 24.0 Å². The van der Waals surface area contributed by atoms with Crippen molar-refractivity contribution in [2.24, 2.45) is 22.1 Å². The molecule has 172 valence electrons. The molecule has 0 aliphatic carbocycles. The zero-order chi connectivity index (χ0) is 23.6. The number of halogens is 1. The summed E-state index contributed by atoms with van der Waals surface area (Å²) in [6, 6.07) is 12.6. The van der Waals surface area contributed by atoms with Crippen molar-refractivity contribution in [2.45, 2.75) is 19.4 Å². The molecule has 0 bridgehead atoms. The van der Waals surface area contributed by atoms with Gasteiger partial charge in [-0.3, -0.25) is 14.6 Å². The number of aliphatic hydroxyl groups is 1. The largest absolute Gasteiger partial charge is 0.394 e. The van der Waals surface area contributed by atoms with Gasteiger partial charge in [-0.15, -0.1) is 0 Å². The molecular formula is C25H27FN4O3. The third kappa shape index (κ3) is 4.66. The SMILES string of the molecule is CC1([C@H]2CNC(=O)C2)C=C(c2ccc(C(=O)N[C@H](CO)c3ccccc3)c(F)c2)C(N)=NC1. The van der Waals surface area contributed by atoms with Crippen LogP contribution in [0.4, 0.5) is 4.39 Å². The van der Waals surface area contributed by atoms with E-state index in [0.29, 0.717) is 36.5 Å². The number of amidine groups is 1. The highest BCUT2D eigenvalue weighted by Crippen LogP contribution is 2.39. The van der Waals surface area contributed by atoms with Crippen LogP contribution in [0.25, 0.3) is 5.57 Å². The van der Waals surface area contributed by atoms with Gasteiger partial charge in [0.15, 0.2) is 0 Å². The number of aliphatic imine (C=N–C) groups is 1. The topological polar surface area (TPSA) is 117 Å². The molecule has 1 unspecified atom stereocenters. The van der Waals surface area contributed by atoms with E-state index >= 15 is 0 Å². The fourth-order valence-electron chi connectivity index (χ4n) is 4.36. The maximum absolute atomic E-state index is 15.0. The Bertz CT molecular complexity index is 1130. The molecule has 0 spiro atoms. The van der Waals surface area contributed by atoms with Crippen molar-refractivity contribution < 1.29 is 19.1 Å². The highest BCUT2D eigenvalue weighted by molar-refractivity contribution is 6.22. The van der Waals surface area contributed by atoms with Crippen LogP contribution < -0.4 is 16.4 Å². The molecule has 2 aliphatic heterocycles. The minimum absolute atomic E-state index is 0.0109. The summed E-state index contributed by atoms with van der Waals surface area (Å²) in [5.74, 6) is -0.947. The number of nitrogens with one attached hydrogen (secondary N) is 2. The normalized spacial score (nSPS) is 23.4. The molecule has 4 rings (SSSR count). The van der Waals surface area contributed by atoms with E-state index in [1.54, 1.807) is 30.3 Å². The van der Waals surface area contributed by atoms with E-state index in [1.165, 1.54) is 12.1 Å². The minimum Gasteiger partial charge on any atom is -0.394 e. The maximum Gasteiger partial charge on any atom is 0.254 e. The summed E-state index contributed by atoms with van der Waals surface area (Å²) < 4.78 is 15.0. The molecule has 7 nitrogen and oxygen atoms in total. The molecule has 2 amide bonds. The number of benzene rings is 2. The van der Waals surface area contributed by atoms with Crippen LogP contribution in [0, 0.1) is 17.2 Å². The fourth-order valence-corrected chi connectivity index (χ4v) is 4.36. The summed E-state index contributed by atoms with van der Waals surface area (Å²) >= 11 is 0. The summed E-state index contributed by atoms with van der Waals surface area (Å²) in [5.41, 5.74) is 7.42. The van der Waals surface area contributed by atoms with Gasteiger partial charge in [-0.2, -0.15) is 0 Å². The molecule has 3 atom stereocenters. The number of dihydropyridines is 1.